The molecule has 0 aromatic heterocycles. The van der Waals surface area contributed by atoms with Gasteiger partial charge in [-0.2, -0.15) is 13.2 Å². The summed E-state index contributed by atoms with van der Waals surface area (Å²) in [5, 5.41) is 0. The summed E-state index contributed by atoms with van der Waals surface area (Å²) in [6.45, 7) is 0. The van der Waals surface area contributed by atoms with Crippen LogP contribution in [0.5, 0.6) is 0 Å². The first-order valence-electron chi connectivity index (χ1n) is 11.5. The fraction of sp³-hybridized carbons (Fsp3) is 0.0625. The monoisotopic (exact) mass is 464 g/mol. The van der Waals surface area contributed by atoms with Crippen LogP contribution in [0.1, 0.15) is 28.2 Å². The van der Waals surface area contributed by atoms with Crippen molar-refractivity contribution in [1.82, 2.24) is 0 Å². The minimum Gasteiger partial charge on any atom is -0.166 e. The number of benzene rings is 5. The molecule has 0 nitrogen and oxygen atoms in total. The lowest BCUT2D eigenvalue weighted by Gasteiger charge is -2.19. The third kappa shape index (κ3) is 5.04. The van der Waals surface area contributed by atoms with Gasteiger partial charge in [0.2, 0.25) is 0 Å². The summed E-state index contributed by atoms with van der Waals surface area (Å²) >= 11 is 0. The van der Waals surface area contributed by atoms with Gasteiger partial charge in [0.25, 0.3) is 0 Å². The quantitative estimate of drug-likeness (QED) is 0.227. The summed E-state index contributed by atoms with van der Waals surface area (Å²) in [4.78, 5) is 0. The first kappa shape index (κ1) is 22.7. The number of rotatable bonds is 5. The van der Waals surface area contributed by atoms with Gasteiger partial charge in [-0.15, -0.1) is 0 Å². The van der Waals surface area contributed by atoms with Gasteiger partial charge in [-0.05, 0) is 51.1 Å². The Hall–Kier alpha value is -4.11. The lowest BCUT2D eigenvalue weighted by Crippen LogP contribution is -2.03. The largest absolute Gasteiger partial charge is 0.416 e. The fourth-order valence-corrected chi connectivity index (χ4v) is 4.44. The van der Waals surface area contributed by atoms with Crippen LogP contribution in [0.4, 0.5) is 13.2 Å². The molecule has 0 saturated heterocycles. The number of hydrogen-bond acceptors (Lipinski definition) is 0. The Morgan fingerprint density at radius 3 is 1.06 bits per heavy atom. The van der Waals surface area contributed by atoms with Crippen LogP contribution in [-0.2, 0) is 6.18 Å². The lowest BCUT2D eigenvalue weighted by molar-refractivity contribution is -0.137. The molecule has 172 valence electrons. The molecule has 0 aliphatic heterocycles. The minimum atomic E-state index is -4.32. The van der Waals surface area contributed by atoms with Crippen LogP contribution >= 0.6 is 0 Å². The first-order valence-corrected chi connectivity index (χ1v) is 11.5. The van der Waals surface area contributed by atoms with Gasteiger partial charge in [0, 0.05) is 5.92 Å². The average molecular weight is 465 g/mol. The maximum Gasteiger partial charge on any atom is 0.416 e. The van der Waals surface area contributed by atoms with E-state index in [1.165, 1.54) is 28.8 Å². The van der Waals surface area contributed by atoms with Crippen LogP contribution in [0, 0.1) is 0 Å². The molecule has 0 aliphatic rings. The van der Waals surface area contributed by atoms with Gasteiger partial charge in [-0.25, -0.2) is 0 Å². The van der Waals surface area contributed by atoms with E-state index in [4.69, 9.17) is 0 Å². The Labute approximate surface area is 203 Å². The molecule has 0 aliphatic carbocycles. The van der Waals surface area contributed by atoms with Gasteiger partial charge in [0.05, 0.1) is 5.56 Å². The van der Waals surface area contributed by atoms with Crippen molar-refractivity contribution >= 4 is 0 Å². The molecule has 0 spiro atoms. The fourth-order valence-electron chi connectivity index (χ4n) is 4.44. The smallest absolute Gasteiger partial charge is 0.166 e. The minimum absolute atomic E-state index is 0.147. The van der Waals surface area contributed by atoms with Crippen LogP contribution in [0.25, 0.3) is 22.3 Å². The molecule has 5 aromatic rings. The summed E-state index contributed by atoms with van der Waals surface area (Å²) in [7, 11) is 0. The highest BCUT2D eigenvalue weighted by molar-refractivity contribution is 5.71. The summed E-state index contributed by atoms with van der Waals surface area (Å²) in [5.74, 6) is 0.147. The zero-order valence-corrected chi connectivity index (χ0v) is 18.9. The van der Waals surface area contributed by atoms with Crippen LogP contribution in [0.15, 0.2) is 133 Å². The summed E-state index contributed by atoms with van der Waals surface area (Å²) in [6.07, 6.45) is -4.32. The van der Waals surface area contributed by atoms with Crippen molar-refractivity contribution in [2.75, 3.05) is 0 Å². The van der Waals surface area contributed by atoms with Crippen molar-refractivity contribution in [2.24, 2.45) is 0 Å². The van der Waals surface area contributed by atoms with E-state index in [0.717, 1.165) is 34.4 Å². The maximum atomic E-state index is 12.8. The highest BCUT2D eigenvalue weighted by Gasteiger charge is 2.29. The van der Waals surface area contributed by atoms with E-state index in [2.05, 4.69) is 72.8 Å². The van der Waals surface area contributed by atoms with Crippen molar-refractivity contribution < 1.29 is 13.2 Å². The Morgan fingerprint density at radius 1 is 0.371 bits per heavy atom. The van der Waals surface area contributed by atoms with Crippen LogP contribution in [-0.4, -0.2) is 0 Å². The number of halogens is 3. The average Bonchev–Trinajstić information content (AvgIpc) is 2.90. The maximum absolute atomic E-state index is 12.8. The number of alkyl halides is 3. The van der Waals surface area contributed by atoms with Gasteiger partial charge in [-0.1, -0.05) is 121 Å². The molecule has 5 aromatic carbocycles. The molecule has 0 fully saturated rings. The standard InChI is InChI=1S/C32H23F3/c33-32(34,35)30-21-19-26(20-22-30)24-13-11-23(12-14-24)25-15-17-29(18-16-25)31(27-7-3-1-4-8-27)28-9-5-2-6-10-28/h1-22,31H. The predicted molar refractivity (Wildman–Crippen MR) is 136 cm³/mol. The molecule has 0 N–H and O–H groups in total. The van der Waals surface area contributed by atoms with Crippen LogP contribution < -0.4 is 0 Å². The van der Waals surface area contributed by atoms with Gasteiger partial charge in [-0.3, -0.25) is 0 Å². The van der Waals surface area contributed by atoms with Gasteiger partial charge in [0.1, 0.15) is 0 Å². The Balaban J connectivity index is 1.40. The van der Waals surface area contributed by atoms with Gasteiger partial charge < -0.3 is 0 Å². The lowest BCUT2D eigenvalue weighted by atomic mass is 9.84. The van der Waals surface area contributed by atoms with Crippen molar-refractivity contribution in [3.05, 3.63) is 156 Å². The summed E-state index contributed by atoms with van der Waals surface area (Å²) in [6, 6.07) is 42.7. The molecule has 0 unspecified atom stereocenters. The van der Waals surface area contributed by atoms with Crippen molar-refractivity contribution in [1.29, 1.82) is 0 Å². The van der Waals surface area contributed by atoms with E-state index in [1.54, 1.807) is 0 Å². The molecule has 35 heavy (non-hydrogen) atoms. The van der Waals surface area contributed by atoms with Crippen LogP contribution in [0.2, 0.25) is 0 Å². The van der Waals surface area contributed by atoms with Crippen molar-refractivity contribution in [2.45, 2.75) is 12.1 Å². The second kappa shape index (κ2) is 9.63. The molecular weight excluding hydrogens is 441 g/mol. The molecule has 0 heterocycles. The summed E-state index contributed by atoms with van der Waals surface area (Å²) in [5.41, 5.74) is 6.85. The molecule has 3 heteroatoms. The van der Waals surface area contributed by atoms with E-state index in [-0.39, 0.29) is 5.92 Å². The summed E-state index contributed by atoms with van der Waals surface area (Å²) < 4.78 is 38.5. The topological polar surface area (TPSA) is 0 Å². The molecule has 5 rings (SSSR count). The molecule has 0 atom stereocenters. The number of hydrogen-bond donors (Lipinski definition) is 0. The highest BCUT2D eigenvalue weighted by Crippen LogP contribution is 2.34. The highest BCUT2D eigenvalue weighted by atomic mass is 19.4. The molecule has 0 radical (unpaired) electrons. The Kier molecular flexibility index (Phi) is 6.24. The van der Waals surface area contributed by atoms with Crippen molar-refractivity contribution in [3.8, 4) is 22.3 Å². The first-order chi connectivity index (χ1) is 17.0. The predicted octanol–water partition coefficient (Wildman–Crippen LogP) is 9.22. The second-order valence-corrected chi connectivity index (χ2v) is 8.53. The Bertz CT molecular complexity index is 1330. The van der Waals surface area contributed by atoms with E-state index in [0.29, 0.717) is 0 Å². The third-order valence-corrected chi connectivity index (χ3v) is 6.27. The normalized spacial score (nSPS) is 11.5. The second-order valence-electron chi connectivity index (χ2n) is 8.53. The third-order valence-electron chi connectivity index (χ3n) is 6.27. The molecule has 0 bridgehead atoms. The van der Waals surface area contributed by atoms with E-state index in [1.807, 2.05) is 36.4 Å². The van der Waals surface area contributed by atoms with Gasteiger partial charge in [0.15, 0.2) is 0 Å². The van der Waals surface area contributed by atoms with E-state index in [9.17, 15) is 13.2 Å². The van der Waals surface area contributed by atoms with Crippen molar-refractivity contribution in [3.63, 3.8) is 0 Å². The van der Waals surface area contributed by atoms with E-state index < -0.39 is 11.7 Å². The molecule has 0 saturated carbocycles. The zero-order valence-electron chi connectivity index (χ0n) is 18.9. The Morgan fingerprint density at radius 2 is 0.686 bits per heavy atom. The van der Waals surface area contributed by atoms with E-state index >= 15 is 0 Å². The SMILES string of the molecule is FC(F)(F)c1ccc(-c2ccc(-c3ccc(C(c4ccccc4)c4ccccc4)cc3)cc2)cc1. The molecular formula is C32H23F3. The van der Waals surface area contributed by atoms with Gasteiger partial charge >= 0.3 is 6.18 Å². The zero-order chi connectivity index (χ0) is 24.3. The molecule has 0 amide bonds. The van der Waals surface area contributed by atoms with Crippen LogP contribution in [0.3, 0.4) is 0 Å².